The minimum atomic E-state index is 0.260. The molecule has 2 heterocycles. The van der Waals surface area contributed by atoms with Crippen molar-refractivity contribution in [2.45, 2.75) is 24.7 Å². The van der Waals surface area contributed by atoms with E-state index in [1.807, 2.05) is 12.4 Å². The molecule has 9 aromatic rings. The van der Waals surface area contributed by atoms with Gasteiger partial charge in [0.1, 0.15) is 0 Å². The molecule has 2 aromatic heterocycles. The zero-order chi connectivity index (χ0) is 38.4. The molecule has 2 unspecified atom stereocenters. The summed E-state index contributed by atoms with van der Waals surface area (Å²) >= 11 is 0. The van der Waals surface area contributed by atoms with Gasteiger partial charge in [-0.15, -0.1) is 0 Å². The first kappa shape index (κ1) is 34.1. The molecule has 0 bridgehead atoms. The Balaban J connectivity index is 0.941. The number of hydrogen-bond acceptors (Lipinski definition) is 3. The summed E-state index contributed by atoms with van der Waals surface area (Å²) in [5.41, 5.74) is 10.00. The van der Waals surface area contributed by atoms with Gasteiger partial charge < -0.3 is 0 Å². The molecule has 58 heavy (non-hydrogen) atoms. The Kier molecular flexibility index (Phi) is 8.44. The average Bonchev–Trinajstić information content (AvgIpc) is 3.31. The van der Waals surface area contributed by atoms with Gasteiger partial charge in [-0.25, -0.2) is 9.97 Å². The van der Waals surface area contributed by atoms with Gasteiger partial charge in [0, 0.05) is 46.3 Å². The van der Waals surface area contributed by atoms with Crippen LogP contribution in [0.25, 0.3) is 76.6 Å². The SMILES string of the molecule is C1=CC(c2ccccc2)CC=C1c1cc(-c2ccc(-c3cncc4ccccc34)cc2)nc(C2=CCC(c3ccc4c5ccccc5c5ccccc5c4c3)C=C2)n1. The number of allylic oxidation sites excluding steroid dienone is 8. The largest absolute Gasteiger partial charge is 0.263 e. The Labute approximate surface area is 338 Å². The maximum atomic E-state index is 5.25. The molecule has 0 saturated carbocycles. The second-order valence-electron chi connectivity index (χ2n) is 15.5. The molecule has 0 fully saturated rings. The normalized spacial score (nSPS) is 16.6. The van der Waals surface area contributed by atoms with E-state index in [4.69, 9.17) is 9.97 Å². The van der Waals surface area contributed by atoms with Crippen LogP contribution < -0.4 is 0 Å². The van der Waals surface area contributed by atoms with Crippen LogP contribution in [0, 0.1) is 0 Å². The lowest BCUT2D eigenvalue weighted by atomic mass is 9.86. The quantitative estimate of drug-likeness (QED) is 0.159. The Hall–Kier alpha value is -7.23. The van der Waals surface area contributed by atoms with Crippen LogP contribution in [0.4, 0.5) is 0 Å². The van der Waals surface area contributed by atoms with Crippen molar-refractivity contribution in [3.8, 4) is 22.4 Å². The standard InChI is InChI=1S/C55H39N3/c1-2-10-36(11-3-1)37-18-24-40(25-19-37)53-33-54(41-26-22-39(23-27-41)52-35-56-34-44-12-4-5-13-45(44)52)58-55(57-53)42-28-20-38(21-29-42)43-30-31-50-48-16-7-6-14-46(48)47-15-8-9-17-49(47)51(50)32-43/h1-18,20,22-35,37-38H,19,21H2. The highest BCUT2D eigenvalue weighted by molar-refractivity contribution is 6.25. The molecule has 2 atom stereocenters. The van der Waals surface area contributed by atoms with Crippen LogP contribution in [0.5, 0.6) is 0 Å². The Morgan fingerprint density at radius 3 is 1.67 bits per heavy atom. The summed E-state index contributed by atoms with van der Waals surface area (Å²) < 4.78 is 0. The molecule has 0 saturated heterocycles. The fraction of sp³-hybridized carbons (Fsp3) is 0.0727. The van der Waals surface area contributed by atoms with E-state index in [0.717, 1.165) is 63.3 Å². The number of hydrogen-bond donors (Lipinski definition) is 0. The van der Waals surface area contributed by atoms with Gasteiger partial charge >= 0.3 is 0 Å². The van der Waals surface area contributed by atoms with Gasteiger partial charge in [0.15, 0.2) is 5.82 Å². The second kappa shape index (κ2) is 14.4. The van der Waals surface area contributed by atoms with Gasteiger partial charge in [0.05, 0.1) is 11.4 Å². The van der Waals surface area contributed by atoms with Gasteiger partial charge in [-0.05, 0) is 84.9 Å². The molecule has 274 valence electrons. The molecular weight excluding hydrogens is 703 g/mol. The summed E-state index contributed by atoms with van der Waals surface area (Å²) in [6, 6.07) is 54.7. The third-order valence-corrected chi connectivity index (χ3v) is 12.1. The van der Waals surface area contributed by atoms with Crippen LogP contribution in [0.15, 0.2) is 201 Å². The average molecular weight is 742 g/mol. The molecular formula is C55H39N3. The van der Waals surface area contributed by atoms with E-state index in [-0.39, 0.29) is 5.92 Å². The third kappa shape index (κ3) is 6.13. The summed E-state index contributed by atoms with van der Waals surface area (Å²) in [5, 5.41) is 10.1. The highest BCUT2D eigenvalue weighted by Gasteiger charge is 2.19. The van der Waals surface area contributed by atoms with Gasteiger partial charge in [0.25, 0.3) is 0 Å². The first-order chi connectivity index (χ1) is 28.7. The van der Waals surface area contributed by atoms with E-state index < -0.39 is 0 Å². The van der Waals surface area contributed by atoms with Gasteiger partial charge in [-0.1, -0.05) is 176 Å². The van der Waals surface area contributed by atoms with Crippen LogP contribution in [-0.2, 0) is 0 Å². The highest BCUT2D eigenvalue weighted by atomic mass is 14.9. The molecule has 3 heteroatoms. The monoisotopic (exact) mass is 741 g/mol. The third-order valence-electron chi connectivity index (χ3n) is 12.1. The smallest absolute Gasteiger partial charge is 0.160 e. The summed E-state index contributed by atoms with van der Waals surface area (Å²) in [4.78, 5) is 15.0. The van der Waals surface area contributed by atoms with Crippen LogP contribution in [-0.4, -0.2) is 15.0 Å². The summed E-state index contributed by atoms with van der Waals surface area (Å²) in [7, 11) is 0. The molecule has 0 N–H and O–H groups in total. The molecule has 0 aliphatic heterocycles. The number of pyridine rings is 1. The molecule has 3 nitrogen and oxygen atoms in total. The van der Waals surface area contributed by atoms with E-state index in [9.17, 15) is 0 Å². The van der Waals surface area contributed by atoms with Crippen molar-refractivity contribution in [1.82, 2.24) is 15.0 Å². The lowest BCUT2D eigenvalue weighted by molar-refractivity contribution is 0.853. The van der Waals surface area contributed by atoms with Crippen molar-refractivity contribution >= 4 is 54.2 Å². The van der Waals surface area contributed by atoms with Crippen LogP contribution >= 0.6 is 0 Å². The van der Waals surface area contributed by atoms with E-state index in [2.05, 4.69) is 193 Å². The molecule has 2 aliphatic rings. The van der Waals surface area contributed by atoms with E-state index in [1.165, 1.54) is 48.8 Å². The molecule has 0 spiro atoms. The molecule has 0 amide bonds. The fourth-order valence-electron chi connectivity index (χ4n) is 8.99. The first-order valence-electron chi connectivity index (χ1n) is 20.2. The van der Waals surface area contributed by atoms with E-state index >= 15 is 0 Å². The summed E-state index contributed by atoms with van der Waals surface area (Å²) in [6.45, 7) is 0. The van der Waals surface area contributed by atoms with E-state index in [1.54, 1.807) is 0 Å². The Bertz CT molecular complexity index is 3130. The van der Waals surface area contributed by atoms with Crippen LogP contribution in [0.2, 0.25) is 0 Å². The molecule has 0 radical (unpaired) electrons. The van der Waals surface area contributed by atoms with E-state index in [0.29, 0.717) is 5.92 Å². The molecule has 2 aliphatic carbocycles. The number of benzene rings is 7. The number of nitrogens with zero attached hydrogens (tertiary/aromatic N) is 3. The fourth-order valence-corrected chi connectivity index (χ4v) is 8.99. The highest BCUT2D eigenvalue weighted by Crippen LogP contribution is 2.39. The number of fused-ring (bicyclic) bond motifs is 7. The molecule has 11 rings (SSSR count). The zero-order valence-corrected chi connectivity index (χ0v) is 32.0. The van der Waals surface area contributed by atoms with Gasteiger partial charge in [0.2, 0.25) is 0 Å². The van der Waals surface area contributed by atoms with Crippen molar-refractivity contribution in [3.05, 3.63) is 223 Å². The van der Waals surface area contributed by atoms with Crippen molar-refractivity contribution in [3.63, 3.8) is 0 Å². The lowest BCUT2D eigenvalue weighted by Gasteiger charge is -2.19. The minimum absolute atomic E-state index is 0.260. The van der Waals surface area contributed by atoms with Crippen molar-refractivity contribution in [2.75, 3.05) is 0 Å². The summed E-state index contributed by atoms with van der Waals surface area (Å²) in [6.07, 6.45) is 19.5. The van der Waals surface area contributed by atoms with Crippen LogP contribution in [0.1, 0.15) is 47.3 Å². The topological polar surface area (TPSA) is 38.7 Å². The van der Waals surface area contributed by atoms with Crippen LogP contribution in [0.3, 0.4) is 0 Å². The Morgan fingerprint density at radius 2 is 0.983 bits per heavy atom. The number of aromatic nitrogens is 3. The molecule has 7 aromatic carbocycles. The van der Waals surface area contributed by atoms with Gasteiger partial charge in [-0.3, -0.25) is 4.98 Å². The minimum Gasteiger partial charge on any atom is -0.263 e. The number of rotatable bonds is 6. The first-order valence-corrected chi connectivity index (χ1v) is 20.2. The predicted molar refractivity (Wildman–Crippen MR) is 243 cm³/mol. The maximum absolute atomic E-state index is 5.25. The zero-order valence-electron chi connectivity index (χ0n) is 32.0. The van der Waals surface area contributed by atoms with Gasteiger partial charge in [-0.2, -0.15) is 0 Å². The van der Waals surface area contributed by atoms with Crippen molar-refractivity contribution in [1.29, 1.82) is 0 Å². The van der Waals surface area contributed by atoms with Crippen molar-refractivity contribution < 1.29 is 0 Å². The second-order valence-corrected chi connectivity index (χ2v) is 15.5. The summed E-state index contributed by atoms with van der Waals surface area (Å²) in [5.74, 6) is 1.37. The maximum Gasteiger partial charge on any atom is 0.160 e. The van der Waals surface area contributed by atoms with Crippen molar-refractivity contribution in [2.24, 2.45) is 0 Å². The lowest BCUT2D eigenvalue weighted by Crippen LogP contribution is -2.05. The Morgan fingerprint density at radius 1 is 0.414 bits per heavy atom. The predicted octanol–water partition coefficient (Wildman–Crippen LogP) is 14.1.